The van der Waals surface area contributed by atoms with Crippen molar-refractivity contribution in [3.63, 3.8) is 0 Å². The maximum atomic E-state index is 11.9. The van der Waals surface area contributed by atoms with Gasteiger partial charge in [-0.05, 0) is 38.1 Å². The van der Waals surface area contributed by atoms with Crippen LogP contribution in [0.5, 0.6) is 0 Å². The Hall–Kier alpha value is -1.79. The summed E-state index contributed by atoms with van der Waals surface area (Å²) < 4.78 is 79.2. The Bertz CT molecular complexity index is 982. The van der Waals surface area contributed by atoms with Gasteiger partial charge in [-0.2, -0.15) is 25.3 Å². The first kappa shape index (κ1) is 19.5. The van der Waals surface area contributed by atoms with Crippen LogP contribution in [0.25, 0.3) is 0 Å². The summed E-state index contributed by atoms with van der Waals surface area (Å²) >= 11 is 0. The first-order chi connectivity index (χ1) is 11.4. The van der Waals surface area contributed by atoms with E-state index in [-0.39, 0.29) is 0 Å². The Morgan fingerprint density at radius 2 is 0.840 bits per heavy atom. The molecule has 0 spiro atoms. The second kappa shape index (κ2) is 6.84. The highest BCUT2D eigenvalue weighted by Gasteiger charge is 2.32. The van der Waals surface area contributed by atoms with Gasteiger partial charge in [-0.1, -0.05) is 35.4 Å². The van der Waals surface area contributed by atoms with Gasteiger partial charge in [0, 0.05) is 0 Å². The Morgan fingerprint density at radius 3 is 1.12 bits per heavy atom. The van der Waals surface area contributed by atoms with Crippen molar-refractivity contribution < 1.29 is 32.5 Å². The standard InChI is InChI=1S/C14H14O8S3/c1-11-3-7-13(8-4-11)23(15,16)21-25(19,20)22-24(17,18)14-9-5-12(2)6-10-14/h3-10H,1-2H3. The van der Waals surface area contributed by atoms with E-state index in [1.54, 1.807) is 13.8 Å². The lowest BCUT2D eigenvalue weighted by Gasteiger charge is -2.07. The Kier molecular flexibility index (Phi) is 5.35. The predicted octanol–water partition coefficient (Wildman–Crippen LogP) is 1.66. The highest BCUT2D eigenvalue weighted by molar-refractivity contribution is 8.03. The zero-order valence-electron chi connectivity index (χ0n) is 13.1. The summed E-state index contributed by atoms with van der Waals surface area (Å²) in [6.07, 6.45) is 0. The van der Waals surface area contributed by atoms with Crippen molar-refractivity contribution in [2.24, 2.45) is 0 Å². The van der Waals surface area contributed by atoms with Crippen LogP contribution in [0, 0.1) is 13.8 Å². The van der Waals surface area contributed by atoms with E-state index in [0.717, 1.165) is 35.4 Å². The third-order valence-corrected chi connectivity index (χ3v) is 7.43. The van der Waals surface area contributed by atoms with Gasteiger partial charge < -0.3 is 0 Å². The van der Waals surface area contributed by atoms with Crippen LogP contribution in [0.2, 0.25) is 0 Å². The highest BCUT2D eigenvalue weighted by atomic mass is 32.3. The monoisotopic (exact) mass is 406 g/mol. The van der Waals surface area contributed by atoms with Gasteiger partial charge in [0.1, 0.15) is 0 Å². The van der Waals surface area contributed by atoms with Crippen molar-refractivity contribution in [3.8, 4) is 0 Å². The fraction of sp³-hybridized carbons (Fsp3) is 0.143. The van der Waals surface area contributed by atoms with Crippen LogP contribution in [-0.4, -0.2) is 25.3 Å². The number of rotatable bonds is 6. The molecule has 8 nitrogen and oxygen atoms in total. The van der Waals surface area contributed by atoms with Crippen LogP contribution >= 0.6 is 0 Å². The molecule has 0 amide bonds. The Labute approximate surface area is 146 Å². The molecule has 0 saturated carbocycles. The molecule has 0 aliphatic heterocycles. The molecule has 0 aliphatic carbocycles. The summed E-state index contributed by atoms with van der Waals surface area (Å²) in [7, 11) is -14.9. The summed E-state index contributed by atoms with van der Waals surface area (Å²) in [5, 5.41) is 0. The average Bonchev–Trinajstić information content (AvgIpc) is 2.45. The maximum absolute atomic E-state index is 11.9. The fourth-order valence-electron chi connectivity index (χ4n) is 1.72. The summed E-state index contributed by atoms with van der Waals surface area (Å²) in [6, 6.07) is 10.2. The van der Waals surface area contributed by atoms with Gasteiger partial charge in [-0.3, -0.25) is 0 Å². The molecule has 136 valence electrons. The summed E-state index contributed by atoms with van der Waals surface area (Å²) in [4.78, 5) is -0.920. The van der Waals surface area contributed by atoms with Gasteiger partial charge in [0.25, 0.3) is 0 Å². The molecule has 2 aromatic rings. The minimum atomic E-state index is -5.39. The minimum Gasteiger partial charge on any atom is -0.193 e. The van der Waals surface area contributed by atoms with Crippen LogP contribution in [-0.2, 0) is 37.9 Å². The van der Waals surface area contributed by atoms with Crippen molar-refractivity contribution in [2.75, 3.05) is 0 Å². The van der Waals surface area contributed by atoms with Crippen molar-refractivity contribution in [1.82, 2.24) is 0 Å². The molecule has 2 aromatic carbocycles. The van der Waals surface area contributed by atoms with Gasteiger partial charge >= 0.3 is 30.6 Å². The van der Waals surface area contributed by atoms with Crippen molar-refractivity contribution in [3.05, 3.63) is 59.7 Å². The van der Waals surface area contributed by atoms with Crippen LogP contribution in [0.15, 0.2) is 58.3 Å². The highest BCUT2D eigenvalue weighted by Crippen LogP contribution is 2.20. The third-order valence-electron chi connectivity index (χ3n) is 2.97. The summed E-state index contributed by atoms with van der Waals surface area (Å²) in [5.74, 6) is 0. The lowest BCUT2D eigenvalue weighted by molar-refractivity contribution is 0.386. The molecule has 0 N–H and O–H groups in total. The second-order valence-corrected chi connectivity index (χ2v) is 9.74. The molecular formula is C14H14O8S3. The zero-order chi connectivity index (χ0) is 18.9. The molecule has 0 bridgehead atoms. The van der Waals surface area contributed by atoms with E-state index in [0.29, 0.717) is 0 Å². The number of hydrogen-bond donors (Lipinski definition) is 0. The van der Waals surface area contributed by atoms with E-state index in [2.05, 4.69) is 7.26 Å². The normalized spacial score (nSPS) is 12.9. The fourth-order valence-corrected chi connectivity index (χ4v) is 5.34. The smallest absolute Gasteiger partial charge is 0.193 e. The van der Waals surface area contributed by atoms with Crippen LogP contribution in [0.1, 0.15) is 11.1 Å². The van der Waals surface area contributed by atoms with E-state index in [1.807, 2.05) is 0 Å². The minimum absolute atomic E-state index is 0.460. The van der Waals surface area contributed by atoms with Crippen LogP contribution in [0.4, 0.5) is 0 Å². The molecule has 0 atom stereocenters. The zero-order valence-corrected chi connectivity index (χ0v) is 15.6. The quantitative estimate of drug-likeness (QED) is 0.710. The van der Waals surface area contributed by atoms with Crippen molar-refractivity contribution in [2.45, 2.75) is 23.6 Å². The molecular weight excluding hydrogens is 392 g/mol. The first-order valence-electron chi connectivity index (χ1n) is 6.72. The van der Waals surface area contributed by atoms with Gasteiger partial charge in [-0.15, -0.1) is 7.26 Å². The van der Waals surface area contributed by atoms with E-state index in [4.69, 9.17) is 0 Å². The van der Waals surface area contributed by atoms with Gasteiger partial charge in [-0.25, -0.2) is 0 Å². The SMILES string of the molecule is Cc1ccc(S(=O)(=O)OS(=O)(=O)OS(=O)(=O)c2ccc(C)cc2)cc1. The van der Waals surface area contributed by atoms with E-state index in [9.17, 15) is 25.3 Å². The average molecular weight is 406 g/mol. The topological polar surface area (TPSA) is 121 Å². The largest absolute Gasteiger partial charge is 0.429 e. The Balaban J connectivity index is 2.27. The van der Waals surface area contributed by atoms with Crippen molar-refractivity contribution in [1.29, 1.82) is 0 Å². The van der Waals surface area contributed by atoms with Gasteiger partial charge in [0.05, 0.1) is 9.79 Å². The van der Waals surface area contributed by atoms with E-state index >= 15 is 0 Å². The van der Waals surface area contributed by atoms with E-state index in [1.165, 1.54) is 24.3 Å². The molecule has 0 unspecified atom stereocenters. The molecule has 0 heterocycles. The van der Waals surface area contributed by atoms with Crippen LogP contribution in [0.3, 0.4) is 0 Å². The number of aryl methyl sites for hydroxylation is 2. The van der Waals surface area contributed by atoms with E-state index < -0.39 is 40.4 Å². The molecule has 0 radical (unpaired) electrons. The molecule has 0 aromatic heterocycles. The third kappa shape index (κ3) is 5.09. The second-order valence-electron chi connectivity index (χ2n) is 5.08. The number of hydrogen-bond acceptors (Lipinski definition) is 8. The summed E-state index contributed by atoms with van der Waals surface area (Å²) in [6.45, 7) is 3.40. The molecule has 0 fully saturated rings. The first-order valence-corrected chi connectivity index (χ1v) is 10.9. The van der Waals surface area contributed by atoms with Crippen molar-refractivity contribution >= 4 is 30.6 Å². The lowest BCUT2D eigenvalue weighted by Crippen LogP contribution is -2.20. The maximum Gasteiger partial charge on any atom is 0.429 e. The predicted molar refractivity (Wildman–Crippen MR) is 87.8 cm³/mol. The molecule has 0 saturated heterocycles. The lowest BCUT2D eigenvalue weighted by atomic mass is 10.2. The Morgan fingerprint density at radius 1 is 0.560 bits per heavy atom. The number of benzene rings is 2. The molecule has 2 rings (SSSR count). The molecule has 25 heavy (non-hydrogen) atoms. The molecule has 0 aliphatic rings. The van der Waals surface area contributed by atoms with Gasteiger partial charge in [0.2, 0.25) is 0 Å². The van der Waals surface area contributed by atoms with Gasteiger partial charge in [0.15, 0.2) is 0 Å². The summed E-state index contributed by atoms with van der Waals surface area (Å²) in [5.41, 5.74) is 1.47. The van der Waals surface area contributed by atoms with Crippen LogP contribution < -0.4 is 0 Å². The molecule has 11 heteroatoms.